The van der Waals surface area contributed by atoms with Crippen LogP contribution in [0.3, 0.4) is 0 Å². The first-order chi connectivity index (χ1) is 26.6. The minimum atomic E-state index is -1.20. The van der Waals surface area contributed by atoms with Crippen molar-refractivity contribution in [1.29, 1.82) is 0 Å². The van der Waals surface area contributed by atoms with Crippen LogP contribution in [0.15, 0.2) is 66.9 Å². The quantitative estimate of drug-likeness (QED) is 0.262. The zero-order chi connectivity index (χ0) is 38.5. The van der Waals surface area contributed by atoms with Gasteiger partial charge in [0.2, 0.25) is 11.8 Å². The highest BCUT2D eigenvalue weighted by atomic mass is 19.1. The highest BCUT2D eigenvalue weighted by molar-refractivity contribution is 6.13. The van der Waals surface area contributed by atoms with Gasteiger partial charge in [-0.2, -0.15) is 0 Å². The summed E-state index contributed by atoms with van der Waals surface area (Å²) in [6, 6.07) is 12.1. The monoisotopic (exact) mass is 762 g/mol. The number of ether oxygens (including phenoxy) is 2. The van der Waals surface area contributed by atoms with Crippen LogP contribution >= 0.6 is 0 Å². The van der Waals surface area contributed by atoms with Crippen molar-refractivity contribution in [2.45, 2.75) is 50.5 Å². The van der Waals surface area contributed by atoms with E-state index in [0.29, 0.717) is 45.0 Å². The van der Waals surface area contributed by atoms with E-state index in [1.165, 1.54) is 12.2 Å². The first kappa shape index (κ1) is 38.4. The number of rotatable bonds is 13. The van der Waals surface area contributed by atoms with Crippen molar-refractivity contribution in [1.82, 2.24) is 29.6 Å². The Morgan fingerprint density at radius 2 is 1.76 bits per heavy atom. The number of nitrogens with zero attached hydrogens (tertiary/aromatic N) is 5. The average Bonchev–Trinajstić information content (AvgIpc) is 3.89. The molecule has 4 unspecified atom stereocenters. The van der Waals surface area contributed by atoms with Gasteiger partial charge in [0.25, 0.3) is 11.8 Å². The van der Waals surface area contributed by atoms with Crippen LogP contribution in [0.2, 0.25) is 0 Å². The van der Waals surface area contributed by atoms with Crippen LogP contribution in [-0.2, 0) is 35.2 Å². The van der Waals surface area contributed by atoms with Gasteiger partial charge in [0.1, 0.15) is 23.6 Å². The van der Waals surface area contributed by atoms with Crippen molar-refractivity contribution in [2.24, 2.45) is 11.8 Å². The summed E-state index contributed by atoms with van der Waals surface area (Å²) < 4.78 is 58.8. The lowest BCUT2D eigenvalue weighted by atomic mass is 9.88. The number of imide groups is 1. The molecule has 292 valence electrons. The molecule has 7 rings (SSSR count). The lowest BCUT2D eigenvalue weighted by molar-refractivity contribution is -0.148. The average molecular weight is 763 g/mol. The number of alkyl halides is 1. The third-order valence-corrected chi connectivity index (χ3v) is 10.9. The number of carbonyl (C=O) groups excluding carboxylic acids is 4. The molecule has 1 N–H and O–H groups in total. The Hall–Kier alpha value is -4.86. The first-order valence-electron chi connectivity index (χ1n) is 18.9. The van der Waals surface area contributed by atoms with E-state index in [2.05, 4.69) is 5.32 Å². The zero-order valence-electron chi connectivity index (χ0n) is 30.5. The first-order valence-corrected chi connectivity index (χ1v) is 18.9. The van der Waals surface area contributed by atoms with E-state index in [9.17, 15) is 23.6 Å². The highest BCUT2D eigenvalue weighted by Crippen LogP contribution is 2.38. The summed E-state index contributed by atoms with van der Waals surface area (Å²) >= 11 is 0. The summed E-state index contributed by atoms with van der Waals surface area (Å²) in [7, 11) is 0. The summed E-state index contributed by atoms with van der Waals surface area (Å²) in [5.41, 5.74) is 1.11. The van der Waals surface area contributed by atoms with Crippen molar-refractivity contribution in [3.05, 3.63) is 89.9 Å². The smallest absolute Gasteiger partial charge is 0.253 e. The highest BCUT2D eigenvalue weighted by Gasteiger charge is 2.41. The van der Waals surface area contributed by atoms with Gasteiger partial charge in [-0.05, 0) is 42.5 Å². The molecule has 5 heterocycles. The van der Waals surface area contributed by atoms with Crippen molar-refractivity contribution in [3.63, 3.8) is 0 Å². The molecule has 0 spiro atoms. The fourth-order valence-electron chi connectivity index (χ4n) is 7.93. The Bertz CT molecular complexity index is 1880. The zero-order valence-corrected chi connectivity index (χ0v) is 30.5. The third-order valence-electron chi connectivity index (χ3n) is 10.9. The number of carbonyl (C=O) groups is 4. The van der Waals surface area contributed by atoms with Gasteiger partial charge in [-0.1, -0.05) is 30.3 Å². The molecule has 2 aromatic carbocycles. The standard InChI is InChI=1S/C40H45F3N6O6/c41-29-6-7-32(42)31(18-29)34-25-47(22-26-4-2-1-3-5-26)40(45-34)39(27-11-15-54-16-12-27)49(23-28-20-44-21-33(28)43)38(53)19-30-24-46(14-17-55-30)35(50)10-13-48-36(51)8-9-37(48)52/h1-9,18,25,27-28,30,33,39,44H,10-17,19-24H2. The lowest BCUT2D eigenvalue weighted by Crippen LogP contribution is -2.50. The predicted octanol–water partition coefficient (Wildman–Crippen LogP) is 3.66. The van der Waals surface area contributed by atoms with E-state index in [0.717, 1.165) is 28.7 Å². The summed E-state index contributed by atoms with van der Waals surface area (Å²) in [5.74, 6) is -3.00. The molecule has 3 saturated heterocycles. The van der Waals surface area contributed by atoms with Crippen LogP contribution < -0.4 is 5.32 Å². The van der Waals surface area contributed by atoms with E-state index in [-0.39, 0.29) is 81.2 Å². The number of hydrogen-bond donors (Lipinski definition) is 1. The number of benzene rings is 2. The maximum absolute atomic E-state index is 15.4. The number of hydrogen-bond acceptors (Lipinski definition) is 8. The van der Waals surface area contributed by atoms with E-state index >= 15 is 8.78 Å². The topological polar surface area (TPSA) is 126 Å². The molecule has 4 aliphatic rings. The minimum absolute atomic E-state index is 0.0180. The molecule has 55 heavy (non-hydrogen) atoms. The van der Waals surface area contributed by atoms with Gasteiger partial charge < -0.3 is 29.2 Å². The Morgan fingerprint density at radius 3 is 2.49 bits per heavy atom. The largest absolute Gasteiger partial charge is 0.381 e. The van der Waals surface area contributed by atoms with Crippen molar-refractivity contribution < 1.29 is 41.8 Å². The third kappa shape index (κ3) is 9.00. The molecule has 0 saturated carbocycles. The molecule has 3 aromatic rings. The molecule has 0 bridgehead atoms. The van der Waals surface area contributed by atoms with Crippen LogP contribution in [-0.4, -0.2) is 119 Å². The summed E-state index contributed by atoms with van der Waals surface area (Å²) in [5, 5.41) is 3.09. The molecule has 4 amide bonds. The minimum Gasteiger partial charge on any atom is -0.381 e. The van der Waals surface area contributed by atoms with Crippen molar-refractivity contribution >= 4 is 23.6 Å². The van der Waals surface area contributed by atoms with Gasteiger partial charge in [-0.3, -0.25) is 24.1 Å². The Morgan fingerprint density at radius 1 is 1.00 bits per heavy atom. The molecule has 4 aliphatic heterocycles. The van der Waals surface area contributed by atoms with Gasteiger partial charge in [-0.15, -0.1) is 0 Å². The fourth-order valence-corrected chi connectivity index (χ4v) is 7.93. The molecule has 0 radical (unpaired) electrons. The van der Waals surface area contributed by atoms with E-state index in [4.69, 9.17) is 14.5 Å². The second kappa shape index (κ2) is 17.3. The molecule has 15 heteroatoms. The number of amides is 4. The predicted molar refractivity (Wildman–Crippen MR) is 194 cm³/mol. The Balaban J connectivity index is 1.20. The number of imidazole rings is 1. The van der Waals surface area contributed by atoms with Crippen molar-refractivity contribution in [2.75, 3.05) is 59.1 Å². The van der Waals surface area contributed by atoms with Crippen LogP contribution in [0.1, 0.15) is 43.1 Å². The molecule has 12 nitrogen and oxygen atoms in total. The van der Waals surface area contributed by atoms with Crippen LogP contribution in [0.5, 0.6) is 0 Å². The van der Waals surface area contributed by atoms with Gasteiger partial charge in [0.15, 0.2) is 0 Å². The van der Waals surface area contributed by atoms with E-state index in [1.54, 1.807) is 16.0 Å². The molecular weight excluding hydrogens is 717 g/mol. The maximum atomic E-state index is 15.4. The fraction of sp³-hybridized carbons (Fsp3) is 0.475. The number of morpholine rings is 1. The van der Waals surface area contributed by atoms with Gasteiger partial charge in [0, 0.05) is 95.3 Å². The van der Waals surface area contributed by atoms with Crippen molar-refractivity contribution in [3.8, 4) is 11.3 Å². The summed E-state index contributed by atoms with van der Waals surface area (Å²) in [6.45, 7) is 2.33. The van der Waals surface area contributed by atoms with Crippen LogP contribution in [0.4, 0.5) is 13.2 Å². The Kier molecular flexibility index (Phi) is 12.1. The molecule has 3 fully saturated rings. The molecule has 1 aromatic heterocycles. The molecule has 0 aliphatic carbocycles. The Labute approximate surface area is 317 Å². The lowest BCUT2D eigenvalue weighted by Gasteiger charge is -2.41. The normalized spacial score (nSPS) is 22.4. The van der Waals surface area contributed by atoms with Gasteiger partial charge in [0.05, 0.1) is 30.9 Å². The summed E-state index contributed by atoms with van der Waals surface area (Å²) in [4.78, 5) is 61.3. The number of halogens is 3. The molecular formula is C40H45F3N6O6. The van der Waals surface area contributed by atoms with Crippen LogP contribution in [0.25, 0.3) is 11.3 Å². The number of nitrogens with one attached hydrogen (secondary N) is 1. The maximum Gasteiger partial charge on any atom is 0.253 e. The van der Waals surface area contributed by atoms with E-state index < -0.39 is 47.7 Å². The number of aromatic nitrogens is 2. The SMILES string of the molecule is O=C(CCN1C(=O)C=CC1=O)N1CCOC(CC(=O)N(CC2CNCC2F)C(c2nc(-c3cc(F)ccc3F)cn2Cc2ccccc2)C2CCOCC2)C1. The van der Waals surface area contributed by atoms with Gasteiger partial charge in [-0.25, -0.2) is 18.2 Å². The molecule has 4 atom stereocenters. The summed E-state index contributed by atoms with van der Waals surface area (Å²) in [6.07, 6.45) is 3.13. The second-order valence-electron chi connectivity index (χ2n) is 14.5. The second-order valence-corrected chi connectivity index (χ2v) is 14.5. The van der Waals surface area contributed by atoms with Gasteiger partial charge >= 0.3 is 0 Å². The van der Waals surface area contributed by atoms with E-state index in [1.807, 2.05) is 34.9 Å². The van der Waals surface area contributed by atoms with Crippen LogP contribution in [0, 0.1) is 23.5 Å².